The molecule has 2 heteroatoms. The first-order valence-corrected chi connectivity index (χ1v) is 2.46. The average Bonchev–Trinajstić information content (AvgIpc) is 1.61. The van der Waals surface area contributed by atoms with Crippen LogP contribution in [0, 0.1) is 0 Å². The highest BCUT2D eigenvalue weighted by molar-refractivity contribution is 5.49. The van der Waals surface area contributed by atoms with Gasteiger partial charge in [-0.1, -0.05) is 0 Å². The van der Waals surface area contributed by atoms with Gasteiger partial charge in [0.2, 0.25) is 0 Å². The van der Waals surface area contributed by atoms with Gasteiger partial charge in [0.1, 0.15) is 6.29 Å². The van der Waals surface area contributed by atoms with Crippen molar-refractivity contribution < 1.29 is 4.79 Å². The first kappa shape index (κ1) is 6.63. The Labute approximate surface area is 43.7 Å². The number of hydrogen-bond acceptors (Lipinski definition) is 2. The molecule has 2 nitrogen and oxygen atoms in total. The van der Waals surface area contributed by atoms with Crippen molar-refractivity contribution in [2.45, 2.75) is 25.8 Å². The molecule has 0 spiro atoms. The second kappa shape index (κ2) is 3.81. The number of rotatable bonds is 3. The van der Waals surface area contributed by atoms with Crippen LogP contribution in [0.4, 0.5) is 0 Å². The van der Waals surface area contributed by atoms with E-state index in [-0.39, 0.29) is 6.04 Å². The first-order valence-electron chi connectivity index (χ1n) is 2.46. The zero-order valence-corrected chi connectivity index (χ0v) is 4.55. The van der Waals surface area contributed by atoms with Gasteiger partial charge in [-0.25, -0.2) is 0 Å². The molecule has 0 radical (unpaired) electrons. The molecule has 0 amide bonds. The molecule has 0 aliphatic heterocycles. The van der Waals surface area contributed by atoms with Crippen molar-refractivity contribution in [3.05, 3.63) is 0 Å². The third kappa shape index (κ3) is 5.63. The largest absolute Gasteiger partial charge is 0.328 e. The van der Waals surface area contributed by atoms with Crippen molar-refractivity contribution in [3.63, 3.8) is 0 Å². The zero-order valence-electron chi connectivity index (χ0n) is 4.55. The summed E-state index contributed by atoms with van der Waals surface area (Å²) in [4.78, 5) is 9.65. The lowest BCUT2D eigenvalue weighted by Gasteiger charge is -1.96. The maximum absolute atomic E-state index is 9.65. The quantitative estimate of drug-likeness (QED) is 0.520. The summed E-state index contributed by atoms with van der Waals surface area (Å²) in [7, 11) is 0. The highest BCUT2D eigenvalue weighted by atomic mass is 16.1. The fraction of sp³-hybridized carbons (Fsp3) is 0.800. The monoisotopic (exact) mass is 101 g/mol. The minimum atomic E-state index is 0.171. The molecule has 0 rings (SSSR count). The standard InChI is InChI=1S/C5H11NO/c1-5(6)3-2-4-7/h4-5H,2-3,6H2,1H3/t5-/m1/s1. The van der Waals surface area contributed by atoms with Crippen molar-refractivity contribution in [2.75, 3.05) is 0 Å². The van der Waals surface area contributed by atoms with Crippen LogP contribution in [0.5, 0.6) is 0 Å². The number of hydrogen-bond donors (Lipinski definition) is 1. The lowest BCUT2D eigenvalue weighted by atomic mass is 10.2. The van der Waals surface area contributed by atoms with E-state index in [1.165, 1.54) is 0 Å². The molecule has 0 aliphatic rings. The maximum atomic E-state index is 9.65. The van der Waals surface area contributed by atoms with Gasteiger partial charge in [0.05, 0.1) is 0 Å². The van der Waals surface area contributed by atoms with Gasteiger partial charge in [-0.15, -0.1) is 0 Å². The van der Waals surface area contributed by atoms with Crippen LogP contribution in [0.3, 0.4) is 0 Å². The number of aldehydes is 1. The Balaban J connectivity index is 2.81. The normalized spacial score (nSPS) is 13.4. The first-order chi connectivity index (χ1) is 3.27. The molecule has 1 atom stereocenters. The van der Waals surface area contributed by atoms with Crippen LogP contribution in [0.1, 0.15) is 19.8 Å². The molecule has 0 unspecified atom stereocenters. The Morgan fingerprint density at radius 1 is 1.86 bits per heavy atom. The Kier molecular flexibility index (Phi) is 3.61. The summed E-state index contributed by atoms with van der Waals surface area (Å²) in [6.07, 6.45) is 2.30. The van der Waals surface area contributed by atoms with E-state index in [0.717, 1.165) is 12.7 Å². The van der Waals surface area contributed by atoms with E-state index < -0.39 is 0 Å². The molecule has 0 fully saturated rings. The molecule has 0 bridgehead atoms. The molecule has 0 aromatic carbocycles. The van der Waals surface area contributed by atoms with Gasteiger partial charge in [-0.3, -0.25) is 0 Å². The third-order valence-electron chi connectivity index (χ3n) is 0.740. The molecule has 0 aromatic rings. The van der Waals surface area contributed by atoms with Crippen molar-refractivity contribution >= 4 is 6.29 Å². The molecule has 0 aromatic heterocycles. The Morgan fingerprint density at radius 3 is 2.57 bits per heavy atom. The lowest BCUT2D eigenvalue weighted by molar-refractivity contribution is -0.108. The van der Waals surface area contributed by atoms with E-state index in [2.05, 4.69) is 0 Å². The maximum Gasteiger partial charge on any atom is 0.120 e. The summed E-state index contributed by atoms with van der Waals surface area (Å²) >= 11 is 0. The molecule has 7 heavy (non-hydrogen) atoms. The highest BCUT2D eigenvalue weighted by Gasteiger charge is 1.89. The van der Waals surface area contributed by atoms with E-state index in [4.69, 9.17) is 5.73 Å². The molecule has 42 valence electrons. The molecule has 2 N–H and O–H groups in total. The molecular formula is C5H11NO. The molecule has 0 saturated carbocycles. The predicted molar refractivity (Wildman–Crippen MR) is 28.9 cm³/mol. The Hall–Kier alpha value is -0.370. The van der Waals surface area contributed by atoms with E-state index in [0.29, 0.717) is 6.42 Å². The Morgan fingerprint density at radius 2 is 2.43 bits per heavy atom. The minimum absolute atomic E-state index is 0.171. The molecule has 0 saturated heterocycles. The van der Waals surface area contributed by atoms with Gasteiger partial charge in [-0.2, -0.15) is 0 Å². The van der Waals surface area contributed by atoms with Gasteiger partial charge < -0.3 is 10.5 Å². The Bertz CT molecular complexity index is 52.0. The number of carbonyl (C=O) groups is 1. The van der Waals surface area contributed by atoms with Gasteiger partial charge in [0.25, 0.3) is 0 Å². The summed E-state index contributed by atoms with van der Waals surface area (Å²) in [5, 5.41) is 0. The SMILES string of the molecule is C[C@@H](N)CCC=O. The van der Waals surface area contributed by atoms with E-state index in [1.807, 2.05) is 6.92 Å². The highest BCUT2D eigenvalue weighted by Crippen LogP contribution is 1.87. The fourth-order valence-corrected chi connectivity index (χ4v) is 0.331. The second-order valence-corrected chi connectivity index (χ2v) is 1.72. The molecule has 0 aliphatic carbocycles. The van der Waals surface area contributed by atoms with Crippen molar-refractivity contribution in [1.82, 2.24) is 0 Å². The van der Waals surface area contributed by atoms with Crippen LogP contribution in [-0.4, -0.2) is 12.3 Å². The average molecular weight is 101 g/mol. The van der Waals surface area contributed by atoms with Gasteiger partial charge in [0.15, 0.2) is 0 Å². The number of nitrogens with two attached hydrogens (primary N) is 1. The summed E-state index contributed by atoms with van der Waals surface area (Å²) in [6, 6.07) is 0.171. The minimum Gasteiger partial charge on any atom is -0.328 e. The summed E-state index contributed by atoms with van der Waals surface area (Å²) < 4.78 is 0. The van der Waals surface area contributed by atoms with Gasteiger partial charge >= 0.3 is 0 Å². The molecular weight excluding hydrogens is 90.1 g/mol. The predicted octanol–water partition coefficient (Wildman–Crippen LogP) is 0.313. The van der Waals surface area contributed by atoms with E-state index in [9.17, 15) is 4.79 Å². The summed E-state index contributed by atoms with van der Waals surface area (Å²) in [5.41, 5.74) is 5.32. The summed E-state index contributed by atoms with van der Waals surface area (Å²) in [5.74, 6) is 0. The van der Waals surface area contributed by atoms with Crippen LogP contribution < -0.4 is 5.73 Å². The van der Waals surface area contributed by atoms with Crippen LogP contribution in [0.25, 0.3) is 0 Å². The van der Waals surface area contributed by atoms with Crippen molar-refractivity contribution in [3.8, 4) is 0 Å². The van der Waals surface area contributed by atoms with Gasteiger partial charge in [-0.05, 0) is 13.3 Å². The van der Waals surface area contributed by atoms with Crippen LogP contribution in [0.15, 0.2) is 0 Å². The van der Waals surface area contributed by atoms with E-state index in [1.54, 1.807) is 0 Å². The lowest BCUT2D eigenvalue weighted by Crippen LogP contribution is -2.13. The third-order valence-corrected chi connectivity index (χ3v) is 0.740. The van der Waals surface area contributed by atoms with E-state index >= 15 is 0 Å². The van der Waals surface area contributed by atoms with Crippen LogP contribution >= 0.6 is 0 Å². The van der Waals surface area contributed by atoms with Gasteiger partial charge in [0, 0.05) is 12.5 Å². The smallest absolute Gasteiger partial charge is 0.120 e. The van der Waals surface area contributed by atoms with Crippen molar-refractivity contribution in [2.24, 2.45) is 5.73 Å². The van der Waals surface area contributed by atoms with Crippen molar-refractivity contribution in [1.29, 1.82) is 0 Å². The second-order valence-electron chi connectivity index (χ2n) is 1.72. The van der Waals surface area contributed by atoms with Crippen LogP contribution in [-0.2, 0) is 4.79 Å². The number of carbonyl (C=O) groups excluding carboxylic acids is 1. The topological polar surface area (TPSA) is 43.1 Å². The van der Waals surface area contributed by atoms with Crippen LogP contribution in [0.2, 0.25) is 0 Å². The molecule has 0 heterocycles. The fourth-order valence-electron chi connectivity index (χ4n) is 0.331. The zero-order chi connectivity index (χ0) is 5.70. The summed E-state index contributed by atoms with van der Waals surface area (Å²) in [6.45, 7) is 1.89.